The third kappa shape index (κ3) is 4.67. The molecule has 0 aliphatic rings. The minimum atomic E-state index is 0.117. The van der Waals surface area contributed by atoms with Crippen LogP contribution in [0.1, 0.15) is 21.7 Å². The van der Waals surface area contributed by atoms with Crippen LogP contribution >= 0.6 is 23.1 Å². The van der Waals surface area contributed by atoms with E-state index in [0.29, 0.717) is 6.42 Å². The van der Waals surface area contributed by atoms with Crippen LogP contribution in [0.15, 0.2) is 29.7 Å². The van der Waals surface area contributed by atoms with Gasteiger partial charge in [0, 0.05) is 29.4 Å². The van der Waals surface area contributed by atoms with Gasteiger partial charge in [0.15, 0.2) is 5.16 Å². The van der Waals surface area contributed by atoms with E-state index in [0.717, 1.165) is 21.3 Å². The van der Waals surface area contributed by atoms with Crippen LogP contribution in [-0.2, 0) is 5.75 Å². The quantitative estimate of drug-likeness (QED) is 0.534. The molecule has 2 rings (SSSR count). The van der Waals surface area contributed by atoms with Crippen molar-refractivity contribution in [2.45, 2.75) is 24.3 Å². The Hall–Kier alpha value is -1.35. The van der Waals surface area contributed by atoms with Crippen LogP contribution in [0.25, 0.3) is 0 Å². The van der Waals surface area contributed by atoms with Gasteiger partial charge in [0.2, 0.25) is 0 Å². The molecule has 1 N–H and O–H groups in total. The summed E-state index contributed by atoms with van der Waals surface area (Å²) in [5.74, 6) is 6.82. The maximum absolute atomic E-state index is 8.66. The van der Waals surface area contributed by atoms with Crippen LogP contribution in [0, 0.1) is 18.8 Å². The van der Waals surface area contributed by atoms with Crippen molar-refractivity contribution >= 4 is 23.1 Å². The Bertz CT molecular complexity index is 581. The number of aromatic nitrogens is 2. The maximum Gasteiger partial charge on any atom is 0.187 e. The first-order valence-electron chi connectivity index (χ1n) is 5.88. The van der Waals surface area contributed by atoms with Crippen molar-refractivity contribution in [1.29, 1.82) is 0 Å². The topological polar surface area (TPSA) is 46.0 Å². The second-order valence-corrected chi connectivity index (χ2v) is 5.98. The second kappa shape index (κ2) is 7.29. The van der Waals surface area contributed by atoms with Crippen LogP contribution in [-0.4, -0.2) is 21.7 Å². The molecule has 0 spiro atoms. The minimum absolute atomic E-state index is 0.117. The molecule has 0 aliphatic carbocycles. The van der Waals surface area contributed by atoms with E-state index in [1.807, 2.05) is 25.4 Å². The highest BCUT2D eigenvalue weighted by Gasteiger charge is 2.01. The summed E-state index contributed by atoms with van der Waals surface area (Å²) >= 11 is 3.30. The van der Waals surface area contributed by atoms with E-state index in [1.54, 1.807) is 23.1 Å². The zero-order valence-electron chi connectivity index (χ0n) is 10.6. The van der Waals surface area contributed by atoms with Gasteiger partial charge in [-0.05, 0) is 24.6 Å². The van der Waals surface area contributed by atoms with Crippen molar-refractivity contribution in [1.82, 2.24) is 9.97 Å². The van der Waals surface area contributed by atoms with Gasteiger partial charge in [-0.25, -0.2) is 9.97 Å². The van der Waals surface area contributed by atoms with E-state index >= 15 is 0 Å². The summed E-state index contributed by atoms with van der Waals surface area (Å²) < 4.78 is 0. The number of thiophene rings is 1. The first-order valence-corrected chi connectivity index (χ1v) is 7.68. The molecule has 2 heterocycles. The summed E-state index contributed by atoms with van der Waals surface area (Å²) in [6.07, 6.45) is 4.18. The number of hydrogen-bond donors (Lipinski definition) is 1. The van der Waals surface area contributed by atoms with Crippen molar-refractivity contribution in [2.24, 2.45) is 0 Å². The smallest absolute Gasteiger partial charge is 0.187 e. The largest absolute Gasteiger partial charge is 0.395 e. The fraction of sp³-hybridized carbons (Fsp3) is 0.286. The van der Waals surface area contributed by atoms with Crippen molar-refractivity contribution in [3.63, 3.8) is 0 Å². The van der Waals surface area contributed by atoms with Gasteiger partial charge < -0.3 is 5.11 Å². The molecule has 0 aliphatic heterocycles. The highest BCUT2D eigenvalue weighted by Crippen LogP contribution is 2.24. The van der Waals surface area contributed by atoms with Crippen LogP contribution < -0.4 is 0 Å². The Morgan fingerprint density at radius 2 is 2.11 bits per heavy atom. The summed E-state index contributed by atoms with van der Waals surface area (Å²) in [5.41, 5.74) is 1.07. The summed E-state index contributed by atoms with van der Waals surface area (Å²) in [7, 11) is 0. The molecule has 98 valence electrons. The van der Waals surface area contributed by atoms with Crippen molar-refractivity contribution in [3.05, 3.63) is 39.8 Å². The third-order valence-electron chi connectivity index (χ3n) is 2.21. The van der Waals surface area contributed by atoms with Crippen molar-refractivity contribution < 1.29 is 5.11 Å². The Balaban J connectivity index is 1.90. The summed E-state index contributed by atoms with van der Waals surface area (Å²) in [6, 6.07) is 4.09. The van der Waals surface area contributed by atoms with Gasteiger partial charge >= 0.3 is 0 Å². The lowest BCUT2D eigenvalue weighted by Crippen LogP contribution is -1.86. The molecular weight excluding hydrogens is 276 g/mol. The molecule has 0 saturated carbocycles. The van der Waals surface area contributed by atoms with Crippen molar-refractivity contribution in [2.75, 3.05) is 6.61 Å². The molecule has 0 atom stereocenters. The molecule has 2 aromatic rings. The van der Waals surface area contributed by atoms with Crippen LogP contribution in [0.4, 0.5) is 0 Å². The van der Waals surface area contributed by atoms with Gasteiger partial charge in [0.1, 0.15) is 0 Å². The molecule has 5 heteroatoms. The number of hydrogen-bond acceptors (Lipinski definition) is 5. The fourth-order valence-electron chi connectivity index (χ4n) is 1.32. The van der Waals surface area contributed by atoms with E-state index in [2.05, 4.69) is 27.9 Å². The number of thioether (sulfide) groups is 1. The predicted octanol–water partition coefficient (Wildman–Crippen LogP) is 2.87. The predicted molar refractivity (Wildman–Crippen MR) is 79.2 cm³/mol. The Morgan fingerprint density at radius 3 is 2.84 bits per heavy atom. The number of aryl methyl sites for hydroxylation is 1. The highest BCUT2D eigenvalue weighted by molar-refractivity contribution is 7.98. The molecule has 0 fully saturated rings. The van der Waals surface area contributed by atoms with E-state index < -0.39 is 0 Å². The van der Waals surface area contributed by atoms with Crippen LogP contribution in [0.3, 0.4) is 0 Å². The van der Waals surface area contributed by atoms with Crippen molar-refractivity contribution in [3.8, 4) is 11.8 Å². The molecule has 0 saturated heterocycles. The molecule has 0 amide bonds. The first-order chi connectivity index (χ1) is 9.28. The van der Waals surface area contributed by atoms with Gasteiger partial charge in [-0.3, -0.25) is 0 Å². The molecule has 19 heavy (non-hydrogen) atoms. The average Bonchev–Trinajstić information content (AvgIpc) is 2.86. The van der Waals surface area contributed by atoms with Gasteiger partial charge in [-0.1, -0.05) is 23.6 Å². The zero-order chi connectivity index (χ0) is 13.5. The lowest BCUT2D eigenvalue weighted by atomic mass is 10.4. The molecule has 0 unspecified atom stereocenters. The monoisotopic (exact) mass is 290 g/mol. The minimum Gasteiger partial charge on any atom is -0.395 e. The van der Waals surface area contributed by atoms with Gasteiger partial charge in [0.05, 0.1) is 11.5 Å². The van der Waals surface area contributed by atoms with Gasteiger partial charge in [-0.2, -0.15) is 0 Å². The zero-order valence-corrected chi connectivity index (χ0v) is 12.2. The Morgan fingerprint density at radius 1 is 1.32 bits per heavy atom. The summed E-state index contributed by atoms with van der Waals surface area (Å²) in [4.78, 5) is 10.8. The summed E-state index contributed by atoms with van der Waals surface area (Å²) in [6.45, 7) is 2.09. The molecule has 0 radical (unpaired) electrons. The molecule has 0 bridgehead atoms. The number of nitrogens with zero attached hydrogens (tertiary/aromatic N) is 2. The van der Waals surface area contributed by atoms with Gasteiger partial charge in [-0.15, -0.1) is 11.3 Å². The normalized spacial score (nSPS) is 10.0. The van der Waals surface area contributed by atoms with E-state index in [9.17, 15) is 0 Å². The van der Waals surface area contributed by atoms with Gasteiger partial charge in [0.25, 0.3) is 0 Å². The lowest BCUT2D eigenvalue weighted by molar-refractivity contribution is 0.305. The SMILES string of the molecule is Cc1cnc(SCc2ccc(C#CCCO)s2)nc1. The van der Waals surface area contributed by atoms with E-state index in [-0.39, 0.29) is 6.61 Å². The highest BCUT2D eigenvalue weighted by atomic mass is 32.2. The average molecular weight is 290 g/mol. The molecule has 0 aromatic carbocycles. The maximum atomic E-state index is 8.66. The Kier molecular flexibility index (Phi) is 5.40. The van der Waals surface area contributed by atoms with E-state index in [1.165, 1.54) is 4.88 Å². The third-order valence-corrected chi connectivity index (χ3v) is 4.32. The standard InChI is InChI=1S/C14H14N2OS2/c1-11-8-15-14(16-9-11)18-10-13-6-5-12(19-13)4-2-3-7-17/h5-6,8-9,17H,3,7,10H2,1H3. The summed E-state index contributed by atoms with van der Waals surface area (Å²) in [5, 5.41) is 9.46. The lowest BCUT2D eigenvalue weighted by Gasteiger charge is -1.97. The van der Waals surface area contributed by atoms with E-state index in [4.69, 9.17) is 5.11 Å². The number of rotatable bonds is 4. The number of aliphatic hydroxyl groups is 1. The Labute approximate surface area is 121 Å². The fourth-order valence-corrected chi connectivity index (χ4v) is 3.03. The molecule has 2 aromatic heterocycles. The van der Waals surface area contributed by atoms with Crippen LogP contribution in [0.2, 0.25) is 0 Å². The van der Waals surface area contributed by atoms with Crippen LogP contribution in [0.5, 0.6) is 0 Å². The number of aliphatic hydroxyl groups excluding tert-OH is 1. The molecular formula is C14H14N2OS2. The first kappa shape index (κ1) is 14.1. The molecule has 3 nitrogen and oxygen atoms in total. The second-order valence-electron chi connectivity index (χ2n) is 3.87.